The predicted molar refractivity (Wildman–Crippen MR) is 252 cm³/mol. The lowest BCUT2D eigenvalue weighted by Crippen LogP contribution is -2.68. The van der Waals surface area contributed by atoms with E-state index in [9.17, 15) is 5.53 Å². The first kappa shape index (κ1) is 50.3. The molecule has 0 radical (unpaired) electrons. The van der Waals surface area contributed by atoms with E-state index in [0.717, 1.165) is 22.3 Å². The minimum atomic E-state index is -2.60. The second kappa shape index (κ2) is 22.7. The molecule has 0 saturated carbocycles. The topological polar surface area (TPSA) is 165 Å². The molecule has 4 aromatic carbocycles. The number of halogens is 3. The Labute approximate surface area is 402 Å². The molecule has 0 aromatic heterocycles. The normalized spacial score (nSPS) is 28.2. The van der Waals surface area contributed by atoms with E-state index in [1.165, 1.54) is 0 Å². The minimum Gasteiger partial charge on any atom is -0.448 e. The highest BCUT2D eigenvalue weighted by atomic mass is 35.6. The summed E-state index contributed by atoms with van der Waals surface area (Å²) in [4.78, 5) is 3.16. The van der Waals surface area contributed by atoms with E-state index in [1.807, 2.05) is 121 Å². The number of hydrogen-bond acceptors (Lipinski definition) is 12. The summed E-state index contributed by atoms with van der Waals surface area (Å²) in [5.74, 6) is -0.756. The van der Waals surface area contributed by atoms with Gasteiger partial charge in [0.25, 0.3) is 3.79 Å². The van der Waals surface area contributed by atoms with Crippen LogP contribution in [-0.4, -0.2) is 92.6 Å². The number of benzene rings is 4. The Bertz CT molecular complexity index is 2190. The minimum absolute atomic E-state index is 0.0544. The summed E-state index contributed by atoms with van der Waals surface area (Å²) >= 11 is 18.3. The summed E-state index contributed by atoms with van der Waals surface area (Å²) < 4.78 is 64.9. The fraction of sp³-hybridized carbons (Fsp3) is 0.479. The van der Waals surface area contributed by atoms with Gasteiger partial charge in [-0.25, -0.2) is 0 Å². The first-order valence-electron chi connectivity index (χ1n) is 21.9. The molecule has 1 unspecified atom stereocenters. The third-order valence-electron chi connectivity index (χ3n) is 12.1. The van der Waals surface area contributed by atoms with Crippen molar-refractivity contribution in [1.82, 2.24) is 0 Å². The van der Waals surface area contributed by atoms with E-state index >= 15 is 0 Å². The van der Waals surface area contributed by atoms with Gasteiger partial charge in [-0.2, -0.15) is 0 Å². The first-order chi connectivity index (χ1) is 31.6. The molecule has 18 heteroatoms. The number of nitrogens with one attached hydrogen (secondary N) is 1. The third-order valence-corrected chi connectivity index (χ3v) is 17.1. The molecular formula is C48H57Cl3N4O10Si. The molecule has 3 heterocycles. The van der Waals surface area contributed by atoms with Crippen LogP contribution in [0.1, 0.15) is 49.3 Å². The van der Waals surface area contributed by atoms with Gasteiger partial charge in [-0.3, -0.25) is 5.41 Å². The molecule has 3 saturated heterocycles. The number of fused-ring (bicyclic) bond motifs is 1. The summed E-state index contributed by atoms with van der Waals surface area (Å²) in [5, 5.41) is 12.4. The highest BCUT2D eigenvalue weighted by Crippen LogP contribution is 2.44. The number of hydrogen-bond donors (Lipinski definition) is 1. The number of ether oxygens (including phenoxy) is 9. The molecule has 66 heavy (non-hydrogen) atoms. The van der Waals surface area contributed by atoms with Gasteiger partial charge < -0.3 is 47.1 Å². The van der Waals surface area contributed by atoms with Crippen LogP contribution in [-0.2, 0) is 66.9 Å². The summed E-state index contributed by atoms with van der Waals surface area (Å²) in [7, 11) is -2.60. The quantitative estimate of drug-likeness (QED) is 0.0205. The molecule has 1 N–H and O–H groups in total. The van der Waals surface area contributed by atoms with Crippen LogP contribution >= 0.6 is 34.8 Å². The van der Waals surface area contributed by atoms with E-state index in [0.29, 0.717) is 0 Å². The van der Waals surface area contributed by atoms with Gasteiger partial charge in [0.1, 0.15) is 48.8 Å². The van der Waals surface area contributed by atoms with Gasteiger partial charge >= 0.3 is 0 Å². The van der Waals surface area contributed by atoms with Gasteiger partial charge in [0.05, 0.1) is 33.0 Å². The molecule has 3 aliphatic heterocycles. The van der Waals surface area contributed by atoms with Crippen LogP contribution in [0, 0.1) is 5.41 Å². The second-order valence-corrected chi connectivity index (χ2v) is 24.9. The van der Waals surface area contributed by atoms with Crippen LogP contribution in [0.3, 0.4) is 0 Å². The maximum atomic E-state index is 10.0. The van der Waals surface area contributed by atoms with Crippen molar-refractivity contribution in [2.24, 2.45) is 5.11 Å². The highest BCUT2D eigenvalue weighted by molar-refractivity contribution is 6.76. The maximum Gasteiger partial charge on any atom is 0.265 e. The summed E-state index contributed by atoms with van der Waals surface area (Å²) in [6, 6.07) is 37.3. The van der Waals surface area contributed by atoms with Gasteiger partial charge in [0.2, 0.25) is 12.2 Å². The van der Waals surface area contributed by atoms with Crippen LogP contribution in [0.5, 0.6) is 0 Å². The number of nitrogens with zero attached hydrogens (tertiary/aromatic N) is 3. The van der Waals surface area contributed by atoms with Crippen molar-refractivity contribution in [2.45, 2.75) is 130 Å². The molecule has 0 aliphatic carbocycles. The van der Waals surface area contributed by atoms with Gasteiger partial charge in [0.15, 0.2) is 20.9 Å². The number of azide groups is 1. The van der Waals surface area contributed by atoms with Crippen LogP contribution in [0.15, 0.2) is 126 Å². The zero-order valence-corrected chi connectivity index (χ0v) is 40.8. The Morgan fingerprint density at radius 1 is 0.727 bits per heavy atom. The van der Waals surface area contributed by atoms with Gasteiger partial charge in [-0.05, 0) is 40.4 Å². The van der Waals surface area contributed by atoms with Crippen LogP contribution in [0.4, 0.5) is 0 Å². The molecule has 3 fully saturated rings. The zero-order valence-electron chi connectivity index (χ0n) is 37.5. The van der Waals surface area contributed by atoms with Crippen molar-refractivity contribution in [3.05, 3.63) is 154 Å². The highest BCUT2D eigenvalue weighted by Gasteiger charge is 2.57. The summed E-state index contributed by atoms with van der Waals surface area (Å²) in [6.45, 7) is 11.4. The Morgan fingerprint density at radius 3 is 1.82 bits per heavy atom. The molecule has 0 bridgehead atoms. The lowest BCUT2D eigenvalue weighted by molar-refractivity contribution is -0.384. The van der Waals surface area contributed by atoms with Crippen molar-refractivity contribution < 1.29 is 47.1 Å². The van der Waals surface area contributed by atoms with Crippen molar-refractivity contribution in [3.8, 4) is 0 Å². The average molecular weight is 984 g/mol. The molecule has 11 atom stereocenters. The van der Waals surface area contributed by atoms with E-state index in [4.69, 9.17) is 87.3 Å². The molecule has 354 valence electrons. The molecule has 0 amide bonds. The Morgan fingerprint density at radius 2 is 1.27 bits per heavy atom. The van der Waals surface area contributed by atoms with Crippen molar-refractivity contribution >= 4 is 49.0 Å². The van der Waals surface area contributed by atoms with E-state index in [1.54, 1.807) is 0 Å². The van der Waals surface area contributed by atoms with Gasteiger partial charge in [-0.15, -0.1) is 0 Å². The summed E-state index contributed by atoms with van der Waals surface area (Å²) in [5.41, 5.74) is 13.5. The summed E-state index contributed by atoms with van der Waals surface area (Å²) in [6.07, 6.45) is -9.62. The fourth-order valence-corrected chi connectivity index (χ4v) is 9.10. The monoisotopic (exact) mass is 982 g/mol. The van der Waals surface area contributed by atoms with Crippen molar-refractivity contribution in [2.75, 3.05) is 13.2 Å². The molecule has 4 aromatic rings. The number of alkyl halides is 3. The molecule has 3 aliphatic rings. The van der Waals surface area contributed by atoms with Crippen LogP contribution in [0.2, 0.25) is 18.1 Å². The lowest BCUT2D eigenvalue weighted by atomic mass is 9.95. The maximum absolute atomic E-state index is 10.0. The van der Waals surface area contributed by atoms with E-state index in [2.05, 4.69) is 43.9 Å². The van der Waals surface area contributed by atoms with Gasteiger partial charge in [-0.1, -0.05) is 182 Å². The Kier molecular flexibility index (Phi) is 17.3. The average Bonchev–Trinajstić information content (AvgIpc) is 3.30. The Balaban J connectivity index is 1.30. The van der Waals surface area contributed by atoms with Gasteiger partial charge in [0, 0.05) is 10.5 Å². The smallest absolute Gasteiger partial charge is 0.265 e. The Hall–Kier alpha value is -3.61. The lowest BCUT2D eigenvalue weighted by Gasteiger charge is -2.53. The largest absolute Gasteiger partial charge is 0.448 e. The standard InChI is InChI=1S/C48H57Cl3N4O10Si/c1-47(2,3)66(4,5)65-41-39-36(30-59-43(62-39)34-24-16-9-17-25-34)61-45(42(41)58-28-33-22-14-8-15-23-33)63-38-35(29-56-26-31-18-10-6-11-19-31)60-44(64-46(52)48(49,50)51)37(54-55-53)40(38)57-27-32-20-12-7-13-21-32/h6-25,35-45,52H,26-30H2,1-5H3/t35-,36-,37-,38-,39-,40-,41+,42+,43?,44-,45+/m1/s1. The third kappa shape index (κ3) is 12.9. The molecule has 7 rings (SSSR count). The number of rotatable bonds is 17. The molecular weight excluding hydrogens is 927 g/mol. The zero-order chi connectivity index (χ0) is 46.9. The predicted octanol–water partition coefficient (Wildman–Crippen LogP) is 10.8. The molecule has 14 nitrogen and oxygen atoms in total. The van der Waals surface area contributed by atoms with Crippen molar-refractivity contribution in [1.29, 1.82) is 5.41 Å². The van der Waals surface area contributed by atoms with Crippen molar-refractivity contribution in [3.63, 3.8) is 0 Å². The molecule has 0 spiro atoms. The van der Waals surface area contributed by atoms with E-state index in [-0.39, 0.29) is 38.1 Å². The second-order valence-electron chi connectivity index (χ2n) is 17.9. The van der Waals surface area contributed by atoms with Crippen LogP contribution in [0.25, 0.3) is 10.4 Å². The first-order valence-corrected chi connectivity index (χ1v) is 25.9. The fourth-order valence-electron chi connectivity index (χ4n) is 7.66. The SMILES string of the molecule is CC(C)(C)[Si](C)(C)O[C@@H]1[C@H](OCc2ccccc2)[C@H](O[C@H]2[C@H](OCc3ccccc3)[C@@H](N=[N+]=[N-])[C@@H](OC(=N)C(Cl)(Cl)Cl)O[C@@H]2COCc2ccccc2)O[C@@H]2COC(c3ccccc3)O[C@@H]12. The van der Waals surface area contributed by atoms with E-state index < -0.39 is 85.6 Å². The van der Waals surface area contributed by atoms with Crippen LogP contribution < -0.4 is 0 Å².